The molecule has 102 valence electrons. The van der Waals surface area contributed by atoms with Crippen LogP contribution in [0.2, 0.25) is 0 Å². The molecule has 0 aromatic carbocycles. The smallest absolute Gasteiger partial charge is 0.307 e. The molecule has 0 heterocycles. The van der Waals surface area contributed by atoms with Crippen molar-refractivity contribution in [1.29, 1.82) is 0 Å². The molecule has 0 saturated heterocycles. The fraction of sp³-hybridized carbons (Fsp3) is 0.636. The van der Waals surface area contributed by atoms with Gasteiger partial charge >= 0.3 is 5.97 Å². The van der Waals surface area contributed by atoms with Crippen LogP contribution in [-0.4, -0.2) is 41.2 Å². The van der Waals surface area contributed by atoms with Gasteiger partial charge in [-0.2, -0.15) is 0 Å². The van der Waals surface area contributed by atoms with E-state index in [0.29, 0.717) is 0 Å². The van der Waals surface area contributed by atoms with Crippen molar-refractivity contribution in [2.75, 3.05) is 13.2 Å². The average Bonchev–Trinajstić information content (AvgIpc) is 2.36. The highest BCUT2D eigenvalue weighted by molar-refractivity contribution is 5.85. The van der Waals surface area contributed by atoms with Crippen LogP contribution in [0.3, 0.4) is 0 Å². The zero-order valence-electron chi connectivity index (χ0n) is 9.60. The van der Waals surface area contributed by atoms with Crippen LogP contribution in [0, 0.1) is 11.8 Å². The van der Waals surface area contributed by atoms with Crippen LogP contribution in [0.5, 0.6) is 0 Å². The number of amides is 1. The number of carboxylic acid groups (broad SMARTS) is 1. The lowest BCUT2D eigenvalue weighted by atomic mass is 9.82. The molecule has 5 nitrogen and oxygen atoms in total. The van der Waals surface area contributed by atoms with Gasteiger partial charge in [0.05, 0.1) is 18.4 Å². The lowest BCUT2D eigenvalue weighted by Gasteiger charge is -2.25. The van der Waals surface area contributed by atoms with E-state index in [-0.39, 0.29) is 12.8 Å². The molecule has 0 spiro atoms. The Bertz CT molecular complexity index is 357. The van der Waals surface area contributed by atoms with Gasteiger partial charge in [0.15, 0.2) is 0 Å². The molecule has 1 aliphatic carbocycles. The zero-order chi connectivity index (χ0) is 13.8. The third kappa shape index (κ3) is 3.76. The van der Waals surface area contributed by atoms with Gasteiger partial charge in [-0.3, -0.25) is 9.59 Å². The maximum Gasteiger partial charge on any atom is 0.307 e. The molecule has 1 aliphatic rings. The van der Waals surface area contributed by atoms with Crippen LogP contribution in [0.1, 0.15) is 12.8 Å². The normalized spacial score (nSPS) is 23.7. The summed E-state index contributed by atoms with van der Waals surface area (Å²) in [5.41, 5.74) is 0. The number of alkyl halides is 2. The molecule has 7 heteroatoms. The van der Waals surface area contributed by atoms with Crippen LogP contribution in [0.25, 0.3) is 0 Å². The van der Waals surface area contributed by atoms with Crippen LogP contribution >= 0.6 is 0 Å². The van der Waals surface area contributed by atoms with Crippen molar-refractivity contribution in [3.63, 3.8) is 0 Å². The molecule has 0 fully saturated rings. The minimum absolute atomic E-state index is 0.212. The molecule has 3 N–H and O–H groups in total. The maximum atomic E-state index is 12.7. The highest BCUT2D eigenvalue weighted by atomic mass is 19.3. The first-order valence-corrected chi connectivity index (χ1v) is 5.51. The molecule has 1 rings (SSSR count). The zero-order valence-corrected chi connectivity index (χ0v) is 9.60. The molecule has 18 heavy (non-hydrogen) atoms. The van der Waals surface area contributed by atoms with Crippen molar-refractivity contribution in [2.45, 2.75) is 18.8 Å². The summed E-state index contributed by atoms with van der Waals surface area (Å²) in [6, 6.07) is 0. The summed E-state index contributed by atoms with van der Waals surface area (Å²) in [4.78, 5) is 22.6. The molecule has 0 bridgehead atoms. The first-order valence-electron chi connectivity index (χ1n) is 5.51. The third-order valence-corrected chi connectivity index (χ3v) is 2.84. The van der Waals surface area contributed by atoms with Gasteiger partial charge in [-0.15, -0.1) is 0 Å². The Morgan fingerprint density at radius 3 is 2.33 bits per heavy atom. The SMILES string of the molecule is O=C(O)[C@H]1CC=CC[C@H]1C(=O)NCC(F)(F)CO. The van der Waals surface area contributed by atoms with E-state index in [9.17, 15) is 18.4 Å². The number of aliphatic carboxylic acids is 1. The van der Waals surface area contributed by atoms with E-state index in [1.54, 1.807) is 12.2 Å². The van der Waals surface area contributed by atoms with E-state index in [0.717, 1.165) is 0 Å². The molecule has 0 radical (unpaired) electrons. The van der Waals surface area contributed by atoms with Crippen LogP contribution in [-0.2, 0) is 9.59 Å². The number of halogens is 2. The number of hydrogen-bond acceptors (Lipinski definition) is 3. The monoisotopic (exact) mass is 263 g/mol. The topological polar surface area (TPSA) is 86.6 Å². The Labute approximate surface area is 102 Å². The summed E-state index contributed by atoms with van der Waals surface area (Å²) in [5, 5.41) is 19.3. The van der Waals surface area contributed by atoms with Crippen molar-refractivity contribution < 1.29 is 28.6 Å². The summed E-state index contributed by atoms with van der Waals surface area (Å²) >= 11 is 0. The lowest BCUT2D eigenvalue weighted by molar-refractivity contribution is -0.147. The van der Waals surface area contributed by atoms with Crippen molar-refractivity contribution in [3.8, 4) is 0 Å². The van der Waals surface area contributed by atoms with E-state index in [4.69, 9.17) is 10.2 Å². The number of carbonyl (C=O) groups excluding carboxylic acids is 1. The molecule has 1 amide bonds. The second-order valence-corrected chi connectivity index (χ2v) is 4.23. The van der Waals surface area contributed by atoms with Gasteiger partial charge in [-0.25, -0.2) is 8.78 Å². The second-order valence-electron chi connectivity index (χ2n) is 4.23. The van der Waals surface area contributed by atoms with Crippen LogP contribution in [0.4, 0.5) is 8.78 Å². The summed E-state index contributed by atoms with van der Waals surface area (Å²) in [5.74, 6) is -6.97. The second kappa shape index (κ2) is 5.90. The van der Waals surface area contributed by atoms with Crippen molar-refractivity contribution in [1.82, 2.24) is 5.32 Å². The van der Waals surface area contributed by atoms with Crippen LogP contribution < -0.4 is 5.32 Å². The molecule has 0 aliphatic heterocycles. The molecular weight excluding hydrogens is 248 g/mol. The van der Waals surface area contributed by atoms with Gasteiger partial charge in [-0.1, -0.05) is 12.2 Å². The number of rotatable bonds is 5. The van der Waals surface area contributed by atoms with Crippen LogP contribution in [0.15, 0.2) is 12.2 Å². The Kier molecular flexibility index (Phi) is 4.77. The summed E-state index contributed by atoms with van der Waals surface area (Å²) in [6.07, 6.45) is 3.75. The van der Waals surface area contributed by atoms with E-state index < -0.39 is 42.8 Å². The lowest BCUT2D eigenvalue weighted by Crippen LogP contribution is -2.44. The predicted molar refractivity (Wildman–Crippen MR) is 58.0 cm³/mol. The third-order valence-electron chi connectivity index (χ3n) is 2.84. The van der Waals surface area contributed by atoms with Gasteiger partial charge in [0, 0.05) is 0 Å². The first kappa shape index (κ1) is 14.6. The summed E-state index contributed by atoms with van der Waals surface area (Å²) in [6.45, 7) is -2.35. The van der Waals surface area contributed by atoms with Crippen molar-refractivity contribution in [3.05, 3.63) is 12.2 Å². The molecule has 0 aromatic rings. The Balaban J connectivity index is 2.60. The highest BCUT2D eigenvalue weighted by Crippen LogP contribution is 2.26. The summed E-state index contributed by atoms with van der Waals surface area (Å²) < 4.78 is 25.5. The fourth-order valence-corrected chi connectivity index (χ4v) is 1.78. The molecule has 0 unspecified atom stereocenters. The number of carbonyl (C=O) groups is 2. The highest BCUT2D eigenvalue weighted by Gasteiger charge is 2.36. The number of aliphatic hydroxyl groups excluding tert-OH is 1. The Morgan fingerprint density at radius 1 is 1.28 bits per heavy atom. The van der Waals surface area contributed by atoms with E-state index >= 15 is 0 Å². The fourth-order valence-electron chi connectivity index (χ4n) is 1.78. The van der Waals surface area contributed by atoms with Gasteiger partial charge in [0.1, 0.15) is 6.61 Å². The van der Waals surface area contributed by atoms with E-state index in [1.807, 2.05) is 5.32 Å². The molecule has 2 atom stereocenters. The Hall–Kier alpha value is -1.50. The quantitative estimate of drug-likeness (QED) is 0.626. The largest absolute Gasteiger partial charge is 0.481 e. The number of allylic oxidation sites excluding steroid dienone is 2. The average molecular weight is 263 g/mol. The van der Waals surface area contributed by atoms with Gasteiger partial charge in [-0.05, 0) is 12.8 Å². The van der Waals surface area contributed by atoms with Gasteiger partial charge < -0.3 is 15.5 Å². The standard InChI is InChI=1S/C11H15F2NO4/c12-11(13,6-15)5-14-9(16)7-3-1-2-4-8(7)10(17)18/h1-2,7-8,15H,3-6H2,(H,14,16)(H,17,18)/t7-,8+/m1/s1. The number of nitrogens with one attached hydrogen (secondary N) is 1. The molecule has 0 aromatic heterocycles. The minimum Gasteiger partial charge on any atom is -0.481 e. The number of hydrogen-bond donors (Lipinski definition) is 3. The van der Waals surface area contributed by atoms with E-state index in [1.165, 1.54) is 0 Å². The molecule has 0 saturated carbocycles. The maximum absolute atomic E-state index is 12.7. The van der Waals surface area contributed by atoms with Gasteiger partial charge in [0.25, 0.3) is 5.92 Å². The van der Waals surface area contributed by atoms with E-state index in [2.05, 4.69) is 0 Å². The summed E-state index contributed by atoms with van der Waals surface area (Å²) in [7, 11) is 0. The minimum atomic E-state index is -3.39. The Morgan fingerprint density at radius 2 is 1.83 bits per heavy atom. The molecular formula is C11H15F2NO4. The first-order chi connectivity index (χ1) is 8.37. The van der Waals surface area contributed by atoms with Crippen molar-refractivity contribution >= 4 is 11.9 Å². The number of carboxylic acids is 1. The predicted octanol–water partition coefficient (Wildman–Crippen LogP) is 0.397. The number of aliphatic hydroxyl groups is 1. The van der Waals surface area contributed by atoms with Crippen molar-refractivity contribution in [2.24, 2.45) is 11.8 Å². The van der Waals surface area contributed by atoms with Gasteiger partial charge in [0.2, 0.25) is 5.91 Å².